The molecule has 1 aromatic heterocycles. The predicted octanol–water partition coefficient (Wildman–Crippen LogP) is 5.40. The maximum Gasteiger partial charge on any atom is 0.291 e. The first-order chi connectivity index (χ1) is 12.6. The Morgan fingerprint density at radius 3 is 2.35 bits per heavy atom. The Hall–Kier alpha value is -2.75. The molecular weight excluding hydrogens is 324 g/mol. The average molecular weight is 350 g/mol. The molecule has 4 heteroatoms. The van der Waals surface area contributed by atoms with Crippen LogP contribution in [0.1, 0.15) is 42.5 Å². The molecule has 0 unspecified atom stereocenters. The van der Waals surface area contributed by atoms with Crippen LogP contribution in [0.3, 0.4) is 0 Å². The fourth-order valence-electron chi connectivity index (χ4n) is 3.24. The van der Waals surface area contributed by atoms with Crippen molar-refractivity contribution in [3.05, 3.63) is 59.4 Å². The highest BCUT2D eigenvalue weighted by Gasteiger charge is 2.18. The average Bonchev–Trinajstić information content (AvgIpc) is 3.00. The van der Waals surface area contributed by atoms with Crippen molar-refractivity contribution < 1.29 is 9.21 Å². The third-order valence-corrected chi connectivity index (χ3v) is 4.87. The van der Waals surface area contributed by atoms with Crippen molar-refractivity contribution in [1.29, 1.82) is 0 Å². The van der Waals surface area contributed by atoms with Crippen LogP contribution in [0, 0.1) is 6.92 Å². The van der Waals surface area contributed by atoms with Gasteiger partial charge in [-0.1, -0.05) is 13.0 Å². The van der Waals surface area contributed by atoms with Gasteiger partial charge in [-0.05, 0) is 69.2 Å². The van der Waals surface area contributed by atoms with E-state index in [1.165, 1.54) is 5.56 Å². The normalized spacial score (nSPS) is 10.9. The van der Waals surface area contributed by atoms with Crippen LogP contribution >= 0.6 is 0 Å². The molecule has 0 radical (unpaired) electrons. The van der Waals surface area contributed by atoms with Crippen LogP contribution < -0.4 is 10.2 Å². The number of amides is 1. The van der Waals surface area contributed by atoms with Crippen LogP contribution in [0.4, 0.5) is 11.4 Å². The van der Waals surface area contributed by atoms with E-state index in [9.17, 15) is 4.79 Å². The van der Waals surface area contributed by atoms with E-state index in [0.717, 1.165) is 47.4 Å². The number of aryl methyl sites for hydroxylation is 2. The van der Waals surface area contributed by atoms with Crippen LogP contribution in [-0.2, 0) is 6.42 Å². The summed E-state index contributed by atoms with van der Waals surface area (Å²) >= 11 is 0. The van der Waals surface area contributed by atoms with E-state index in [0.29, 0.717) is 5.76 Å². The number of hydrogen-bond donors (Lipinski definition) is 1. The van der Waals surface area contributed by atoms with Crippen LogP contribution in [0.25, 0.3) is 11.0 Å². The van der Waals surface area contributed by atoms with Crippen molar-refractivity contribution in [3.8, 4) is 0 Å². The first kappa shape index (κ1) is 18.1. The van der Waals surface area contributed by atoms with E-state index in [2.05, 4.69) is 37.1 Å². The highest BCUT2D eigenvalue weighted by Crippen LogP contribution is 2.27. The molecule has 0 aliphatic carbocycles. The molecule has 136 valence electrons. The third-order valence-electron chi connectivity index (χ3n) is 4.87. The minimum Gasteiger partial charge on any atom is -0.451 e. The lowest BCUT2D eigenvalue weighted by molar-refractivity contribution is 0.0998. The van der Waals surface area contributed by atoms with E-state index < -0.39 is 0 Å². The fraction of sp³-hybridized carbons (Fsp3) is 0.318. The molecular formula is C22H26N2O2. The molecule has 0 saturated carbocycles. The van der Waals surface area contributed by atoms with Gasteiger partial charge in [-0.15, -0.1) is 0 Å². The van der Waals surface area contributed by atoms with Gasteiger partial charge >= 0.3 is 0 Å². The second kappa shape index (κ2) is 7.65. The number of nitrogens with one attached hydrogen (secondary N) is 1. The van der Waals surface area contributed by atoms with Gasteiger partial charge in [0.25, 0.3) is 5.91 Å². The standard InChI is InChI=1S/C22H26N2O2/c1-5-16-8-13-20-19(14-16)15(4)21(26-20)22(25)23-17-9-11-18(12-10-17)24(6-2)7-3/h8-14H,5-7H2,1-4H3,(H,23,25). The number of rotatable bonds is 6. The number of carbonyl (C=O) groups is 1. The highest BCUT2D eigenvalue weighted by atomic mass is 16.3. The third kappa shape index (κ3) is 3.45. The van der Waals surface area contributed by atoms with Gasteiger partial charge in [-0.3, -0.25) is 4.79 Å². The number of fused-ring (bicyclic) bond motifs is 1. The molecule has 1 N–H and O–H groups in total. The molecule has 0 saturated heterocycles. The largest absolute Gasteiger partial charge is 0.451 e. The first-order valence-corrected chi connectivity index (χ1v) is 9.25. The number of furan rings is 1. The Morgan fingerprint density at radius 1 is 1.04 bits per heavy atom. The Bertz CT molecular complexity index is 906. The number of anilines is 2. The molecule has 1 amide bonds. The summed E-state index contributed by atoms with van der Waals surface area (Å²) in [5.41, 5.74) is 4.79. The summed E-state index contributed by atoms with van der Waals surface area (Å²) in [5.74, 6) is 0.161. The smallest absolute Gasteiger partial charge is 0.291 e. The van der Waals surface area contributed by atoms with E-state index in [1.54, 1.807) is 0 Å². The highest BCUT2D eigenvalue weighted by molar-refractivity contribution is 6.06. The Balaban J connectivity index is 1.82. The van der Waals surface area contributed by atoms with Crippen LogP contribution in [0.5, 0.6) is 0 Å². The Labute approximate surface area is 154 Å². The lowest BCUT2D eigenvalue weighted by Gasteiger charge is -2.21. The van der Waals surface area contributed by atoms with E-state index in [-0.39, 0.29) is 5.91 Å². The van der Waals surface area contributed by atoms with Gasteiger partial charge in [0.15, 0.2) is 5.76 Å². The van der Waals surface area contributed by atoms with Crippen molar-refractivity contribution in [3.63, 3.8) is 0 Å². The zero-order valence-electron chi connectivity index (χ0n) is 15.9. The number of nitrogens with zero attached hydrogens (tertiary/aromatic N) is 1. The second-order valence-electron chi connectivity index (χ2n) is 6.41. The molecule has 1 heterocycles. The molecule has 0 spiro atoms. The van der Waals surface area contributed by atoms with Gasteiger partial charge in [-0.2, -0.15) is 0 Å². The molecule has 3 rings (SSSR count). The Kier molecular flexibility index (Phi) is 5.31. The zero-order chi connectivity index (χ0) is 18.7. The van der Waals surface area contributed by atoms with Crippen molar-refractivity contribution >= 4 is 28.3 Å². The van der Waals surface area contributed by atoms with Crippen molar-refractivity contribution in [2.45, 2.75) is 34.1 Å². The van der Waals surface area contributed by atoms with Gasteiger partial charge < -0.3 is 14.6 Å². The summed E-state index contributed by atoms with van der Waals surface area (Å²) < 4.78 is 5.81. The number of carbonyl (C=O) groups excluding carboxylic acids is 1. The summed E-state index contributed by atoms with van der Waals surface area (Å²) in [6.45, 7) is 10.2. The minimum absolute atomic E-state index is 0.215. The zero-order valence-corrected chi connectivity index (χ0v) is 15.9. The molecule has 0 aliphatic rings. The quantitative estimate of drug-likeness (QED) is 0.647. The Morgan fingerprint density at radius 2 is 1.73 bits per heavy atom. The molecule has 0 atom stereocenters. The van der Waals surface area contributed by atoms with Crippen molar-refractivity contribution in [1.82, 2.24) is 0 Å². The maximum atomic E-state index is 12.7. The van der Waals surface area contributed by atoms with E-state index in [4.69, 9.17) is 4.42 Å². The summed E-state index contributed by atoms with van der Waals surface area (Å²) in [6.07, 6.45) is 0.959. The molecule has 0 bridgehead atoms. The summed E-state index contributed by atoms with van der Waals surface area (Å²) in [6, 6.07) is 14.0. The van der Waals surface area contributed by atoms with Gasteiger partial charge in [0.1, 0.15) is 5.58 Å². The van der Waals surface area contributed by atoms with E-state index >= 15 is 0 Å². The van der Waals surface area contributed by atoms with Gasteiger partial charge in [0.05, 0.1) is 0 Å². The molecule has 0 fully saturated rings. The van der Waals surface area contributed by atoms with Gasteiger partial charge in [0.2, 0.25) is 0 Å². The predicted molar refractivity (Wildman–Crippen MR) is 108 cm³/mol. The summed E-state index contributed by atoms with van der Waals surface area (Å²) in [4.78, 5) is 14.9. The number of benzene rings is 2. The first-order valence-electron chi connectivity index (χ1n) is 9.25. The van der Waals surface area contributed by atoms with E-state index in [1.807, 2.05) is 43.3 Å². The van der Waals surface area contributed by atoms with Crippen molar-refractivity contribution in [2.75, 3.05) is 23.3 Å². The second-order valence-corrected chi connectivity index (χ2v) is 6.41. The lowest BCUT2D eigenvalue weighted by atomic mass is 10.1. The molecule has 3 aromatic rings. The summed E-state index contributed by atoms with van der Waals surface area (Å²) in [5, 5.41) is 3.95. The summed E-state index contributed by atoms with van der Waals surface area (Å²) in [7, 11) is 0. The SMILES string of the molecule is CCc1ccc2oc(C(=O)Nc3ccc(N(CC)CC)cc3)c(C)c2c1. The fourth-order valence-corrected chi connectivity index (χ4v) is 3.24. The number of hydrogen-bond acceptors (Lipinski definition) is 3. The molecule has 26 heavy (non-hydrogen) atoms. The monoisotopic (exact) mass is 350 g/mol. The topological polar surface area (TPSA) is 45.5 Å². The van der Waals surface area contributed by atoms with Gasteiger partial charge in [0, 0.05) is 35.4 Å². The van der Waals surface area contributed by atoms with Gasteiger partial charge in [-0.25, -0.2) is 0 Å². The molecule has 2 aromatic carbocycles. The maximum absolute atomic E-state index is 12.7. The molecule has 0 aliphatic heterocycles. The molecule has 4 nitrogen and oxygen atoms in total. The minimum atomic E-state index is -0.215. The van der Waals surface area contributed by atoms with Crippen LogP contribution in [-0.4, -0.2) is 19.0 Å². The van der Waals surface area contributed by atoms with Crippen LogP contribution in [0.2, 0.25) is 0 Å². The van der Waals surface area contributed by atoms with Crippen LogP contribution in [0.15, 0.2) is 46.9 Å². The lowest BCUT2D eigenvalue weighted by Crippen LogP contribution is -2.21. The van der Waals surface area contributed by atoms with Crippen molar-refractivity contribution in [2.24, 2.45) is 0 Å².